The minimum Gasteiger partial charge on any atom is -0.387 e. The van der Waals surface area contributed by atoms with Gasteiger partial charge in [-0.1, -0.05) is 25.7 Å². The third-order valence-corrected chi connectivity index (χ3v) is 10.8. The first-order valence-corrected chi connectivity index (χ1v) is 12.5. The molecule has 0 aromatic heterocycles. The van der Waals surface area contributed by atoms with E-state index in [1.165, 1.54) is 0 Å². The Kier molecular flexibility index (Phi) is 6.40. The van der Waals surface area contributed by atoms with Crippen molar-refractivity contribution in [3.63, 3.8) is 0 Å². The highest BCUT2D eigenvalue weighted by atomic mass is 19.4. The van der Waals surface area contributed by atoms with Gasteiger partial charge in [0.2, 0.25) is 0 Å². The van der Waals surface area contributed by atoms with Crippen LogP contribution in [0.2, 0.25) is 0 Å². The Balaban J connectivity index is 1.71. The molecule has 1 N–H and O–H groups in total. The van der Waals surface area contributed by atoms with E-state index < -0.39 is 70.5 Å². The minimum absolute atomic E-state index is 0.0486. The van der Waals surface area contributed by atoms with Crippen LogP contribution in [0, 0.1) is 28.1 Å². The summed E-state index contributed by atoms with van der Waals surface area (Å²) < 4.78 is 102. The van der Waals surface area contributed by atoms with E-state index in [2.05, 4.69) is 24.5 Å². The van der Waals surface area contributed by atoms with Crippen LogP contribution in [0.25, 0.3) is 0 Å². The first-order chi connectivity index (χ1) is 16.5. The fourth-order valence-corrected chi connectivity index (χ4v) is 9.06. The van der Waals surface area contributed by atoms with Gasteiger partial charge in [0.1, 0.15) is 11.3 Å². The van der Waals surface area contributed by atoms with E-state index in [9.17, 15) is 27.1 Å². The fraction of sp³-hybridized carbons (Fsp3) is 0.778. The van der Waals surface area contributed by atoms with Gasteiger partial charge in [0, 0.05) is 28.7 Å². The molecule has 0 saturated heterocycles. The van der Waals surface area contributed by atoms with E-state index in [-0.39, 0.29) is 50.9 Å². The number of alkyl halides is 7. The molecule has 0 spiro atoms. The Bertz CT molecular complexity index is 936. The maximum Gasteiger partial charge on any atom is 0.522 e. The SMILES string of the molecule is C=C[C@]12CC[C@@]3(C)[C@@](C=C)(CC[C@]3(F)C(=C)C(F)F)[C@@H]1CC[C@@]1(F)C[C@@](O)(COC(F)(F)F)CC[C@@H]12. The molecule has 0 radical (unpaired) electrons. The van der Waals surface area contributed by atoms with Gasteiger partial charge < -0.3 is 5.11 Å². The number of allylic oxidation sites excluding steroid dienone is 3. The van der Waals surface area contributed by atoms with Gasteiger partial charge in [-0.2, -0.15) is 0 Å². The van der Waals surface area contributed by atoms with Gasteiger partial charge in [-0.25, -0.2) is 17.6 Å². The topological polar surface area (TPSA) is 29.5 Å². The lowest BCUT2D eigenvalue weighted by molar-refractivity contribution is -0.342. The highest BCUT2D eigenvalue weighted by Crippen LogP contribution is 2.78. The van der Waals surface area contributed by atoms with Crippen LogP contribution in [-0.2, 0) is 4.74 Å². The zero-order valence-corrected chi connectivity index (χ0v) is 20.6. The second kappa shape index (κ2) is 8.32. The molecule has 4 fully saturated rings. The minimum atomic E-state index is -4.94. The zero-order valence-electron chi connectivity index (χ0n) is 20.6. The number of hydrogen-bond donors (Lipinski definition) is 1. The Hall–Kier alpha value is -1.35. The number of hydrogen-bond acceptors (Lipinski definition) is 2. The van der Waals surface area contributed by atoms with Crippen LogP contribution in [0.5, 0.6) is 0 Å². The molecule has 0 bridgehead atoms. The van der Waals surface area contributed by atoms with Crippen LogP contribution < -0.4 is 0 Å². The van der Waals surface area contributed by atoms with Crippen molar-refractivity contribution in [1.82, 2.24) is 0 Å². The smallest absolute Gasteiger partial charge is 0.387 e. The van der Waals surface area contributed by atoms with Gasteiger partial charge in [-0.05, 0) is 62.7 Å². The van der Waals surface area contributed by atoms with Crippen molar-refractivity contribution in [3.8, 4) is 0 Å². The predicted octanol–water partition coefficient (Wildman–Crippen LogP) is 7.64. The molecule has 0 aliphatic heterocycles. The molecule has 0 heterocycles. The van der Waals surface area contributed by atoms with Crippen LogP contribution in [0.1, 0.15) is 64.7 Å². The summed E-state index contributed by atoms with van der Waals surface area (Å²) in [7, 11) is 0. The summed E-state index contributed by atoms with van der Waals surface area (Å²) in [6.07, 6.45) is -4.30. The summed E-state index contributed by atoms with van der Waals surface area (Å²) >= 11 is 0. The molecule has 2 nitrogen and oxygen atoms in total. The van der Waals surface area contributed by atoms with Gasteiger partial charge in [0.05, 0.1) is 12.2 Å². The molecule has 0 unspecified atom stereocenters. The predicted molar refractivity (Wildman–Crippen MR) is 122 cm³/mol. The zero-order chi connectivity index (χ0) is 27.0. The number of halogens is 7. The van der Waals surface area contributed by atoms with Crippen LogP contribution in [0.4, 0.5) is 30.7 Å². The third-order valence-electron chi connectivity index (χ3n) is 10.8. The van der Waals surface area contributed by atoms with Crippen molar-refractivity contribution >= 4 is 0 Å². The highest BCUT2D eigenvalue weighted by Gasteiger charge is 2.76. The largest absolute Gasteiger partial charge is 0.522 e. The standard InChI is InChI=1S/C27H35F7O2/c1-5-23-12-11-21(4)24(6-2,13-14-26(21,31)17(3)20(28)29)18(23)8-10-25(30)15-22(35,9-7-19(23)25)16-36-27(32,33)34/h5-6,18-20,35H,1-3,7-16H2,4H3/t18-,19-,21+,22-,23+,24+,25-,26+/m1/s1. The Morgan fingerprint density at radius 2 is 1.64 bits per heavy atom. The fourth-order valence-electron chi connectivity index (χ4n) is 9.06. The van der Waals surface area contributed by atoms with Crippen molar-refractivity contribution in [3.05, 3.63) is 37.5 Å². The normalized spacial score (nSPS) is 48.6. The summed E-state index contributed by atoms with van der Waals surface area (Å²) in [6, 6.07) is 0. The molecule has 4 rings (SSSR count). The van der Waals surface area contributed by atoms with Crippen molar-refractivity contribution in [2.24, 2.45) is 28.1 Å². The van der Waals surface area contributed by atoms with Crippen LogP contribution >= 0.6 is 0 Å². The van der Waals surface area contributed by atoms with E-state index >= 15 is 8.78 Å². The van der Waals surface area contributed by atoms with E-state index in [1.807, 2.05) is 0 Å². The van der Waals surface area contributed by atoms with Crippen molar-refractivity contribution in [2.45, 2.75) is 94.4 Å². The van der Waals surface area contributed by atoms with Crippen LogP contribution in [-0.4, -0.2) is 41.4 Å². The average Bonchev–Trinajstić information content (AvgIpc) is 3.04. The molecule has 0 amide bonds. The van der Waals surface area contributed by atoms with Gasteiger partial charge in [0.25, 0.3) is 6.43 Å². The third kappa shape index (κ3) is 3.57. The second-order valence-corrected chi connectivity index (χ2v) is 11.9. The van der Waals surface area contributed by atoms with E-state index in [0.717, 1.165) is 0 Å². The molecule has 4 aliphatic rings. The molecule has 8 atom stereocenters. The molecule has 0 aromatic rings. The molecule has 36 heavy (non-hydrogen) atoms. The van der Waals surface area contributed by atoms with Gasteiger partial charge in [0.15, 0.2) is 0 Å². The summed E-state index contributed by atoms with van der Waals surface area (Å²) in [5.74, 6) is -1.00. The quantitative estimate of drug-likeness (QED) is 0.286. The van der Waals surface area contributed by atoms with Crippen molar-refractivity contribution in [2.75, 3.05) is 6.61 Å². The Labute approximate surface area is 207 Å². The lowest BCUT2D eigenvalue weighted by Crippen LogP contribution is -2.66. The molecule has 9 heteroatoms. The summed E-state index contributed by atoms with van der Waals surface area (Å²) in [4.78, 5) is 0. The molecule has 0 aromatic carbocycles. The molecular weight excluding hydrogens is 489 g/mol. The molecule has 204 valence electrons. The summed E-state index contributed by atoms with van der Waals surface area (Å²) in [5.41, 5.74) is -9.96. The van der Waals surface area contributed by atoms with Gasteiger partial charge >= 0.3 is 6.36 Å². The lowest BCUT2D eigenvalue weighted by Gasteiger charge is -2.68. The van der Waals surface area contributed by atoms with Gasteiger partial charge in [-0.15, -0.1) is 26.3 Å². The second-order valence-electron chi connectivity index (χ2n) is 11.9. The Morgan fingerprint density at radius 3 is 2.19 bits per heavy atom. The maximum absolute atomic E-state index is 16.6. The van der Waals surface area contributed by atoms with Crippen molar-refractivity contribution in [1.29, 1.82) is 0 Å². The average molecular weight is 525 g/mol. The van der Waals surface area contributed by atoms with Crippen LogP contribution in [0.3, 0.4) is 0 Å². The van der Waals surface area contributed by atoms with E-state index in [1.54, 1.807) is 19.1 Å². The summed E-state index contributed by atoms with van der Waals surface area (Å²) in [6.45, 7) is 12.1. The summed E-state index contributed by atoms with van der Waals surface area (Å²) in [5, 5.41) is 10.8. The number of aliphatic hydroxyl groups is 1. The number of ether oxygens (including phenoxy) is 1. The first-order valence-electron chi connectivity index (χ1n) is 12.5. The first kappa shape index (κ1) is 27.7. The molecule has 4 saturated carbocycles. The lowest BCUT2D eigenvalue weighted by atomic mass is 9.37. The monoisotopic (exact) mass is 524 g/mol. The molecule has 4 aliphatic carbocycles. The van der Waals surface area contributed by atoms with Gasteiger partial charge in [-0.3, -0.25) is 4.74 Å². The van der Waals surface area contributed by atoms with Crippen molar-refractivity contribution < 1.29 is 40.6 Å². The van der Waals surface area contributed by atoms with E-state index in [0.29, 0.717) is 6.42 Å². The Morgan fingerprint density at radius 1 is 1.00 bits per heavy atom. The highest BCUT2D eigenvalue weighted by molar-refractivity contribution is 5.36. The maximum atomic E-state index is 16.6. The molecular formula is C27H35F7O2. The van der Waals surface area contributed by atoms with E-state index in [4.69, 9.17) is 0 Å². The number of rotatable bonds is 6. The number of fused-ring (bicyclic) bond motifs is 5. The van der Waals surface area contributed by atoms with Crippen LogP contribution in [0.15, 0.2) is 37.5 Å².